The number of ether oxygens (including phenoxy) is 2. The van der Waals surface area contributed by atoms with Crippen LogP contribution in [0.5, 0.6) is 17.2 Å². The van der Waals surface area contributed by atoms with Crippen molar-refractivity contribution in [3.05, 3.63) is 75.4 Å². The fourth-order valence-electron chi connectivity index (χ4n) is 4.64. The summed E-state index contributed by atoms with van der Waals surface area (Å²) in [5.41, 5.74) is 5.48. The van der Waals surface area contributed by atoms with Crippen molar-refractivity contribution in [2.45, 2.75) is 85.0 Å². The number of rotatable bonds is 6. The molecule has 2 aromatic rings. The largest absolute Gasteiger partial charge is 0.508 e. The number of carbonyl (C=O) groups is 1. The van der Waals surface area contributed by atoms with Crippen molar-refractivity contribution in [1.82, 2.24) is 0 Å². The zero-order valence-electron chi connectivity index (χ0n) is 21.6. The lowest BCUT2D eigenvalue weighted by atomic mass is 9.90. The van der Waals surface area contributed by atoms with Crippen LogP contribution in [-0.2, 0) is 19.3 Å². The van der Waals surface area contributed by atoms with Gasteiger partial charge in [-0.3, -0.25) is 4.79 Å². The van der Waals surface area contributed by atoms with E-state index in [2.05, 4.69) is 32.1 Å². The lowest BCUT2D eigenvalue weighted by molar-refractivity contribution is -0.0231. The molecule has 2 aliphatic rings. The number of phenols is 1. The third-order valence-corrected chi connectivity index (χ3v) is 6.70. The summed E-state index contributed by atoms with van der Waals surface area (Å²) < 4.78 is 12.7. The Morgan fingerprint density at radius 2 is 1.69 bits per heavy atom. The number of aliphatic hydroxyl groups is 1. The first-order valence-electron chi connectivity index (χ1n) is 12.3. The second-order valence-corrected chi connectivity index (χ2v) is 10.8. The van der Waals surface area contributed by atoms with Crippen molar-refractivity contribution in [3.63, 3.8) is 0 Å². The molecule has 0 aromatic heterocycles. The molecule has 2 aromatic carbocycles. The molecule has 0 fully saturated rings. The first-order valence-corrected chi connectivity index (χ1v) is 12.3. The molecule has 0 spiro atoms. The third kappa shape index (κ3) is 5.30. The van der Waals surface area contributed by atoms with Crippen molar-refractivity contribution in [3.8, 4) is 17.2 Å². The number of hydrogen-bond donors (Lipinski definition) is 2. The van der Waals surface area contributed by atoms with Crippen LogP contribution in [-0.4, -0.2) is 27.7 Å². The standard InChI is InChI=1S/C30H36O5/c1-17(2)7-9-19-13-20(14-21-15-27(30(5,6)33)35-28(19)21)26-16-25(32)23-11-12-24(31)22(29(23)34-26)10-8-18(3)4/h7-8,11-14,26-27,31,33H,9-10,15-16H2,1-6H3/t26-,27?/m1/s1. The van der Waals surface area contributed by atoms with E-state index in [0.29, 0.717) is 36.1 Å². The molecule has 0 saturated heterocycles. The predicted octanol–water partition coefficient (Wildman–Crippen LogP) is 6.19. The summed E-state index contributed by atoms with van der Waals surface area (Å²) in [6, 6.07) is 7.34. The van der Waals surface area contributed by atoms with E-state index < -0.39 is 11.7 Å². The molecule has 0 bridgehead atoms. The Kier molecular flexibility index (Phi) is 6.83. The van der Waals surface area contributed by atoms with Crippen LogP contribution in [0.2, 0.25) is 0 Å². The van der Waals surface area contributed by atoms with Gasteiger partial charge in [0.15, 0.2) is 5.78 Å². The molecule has 4 rings (SSSR count). The molecule has 0 aliphatic carbocycles. The molecule has 2 atom stereocenters. The lowest BCUT2D eigenvalue weighted by Gasteiger charge is -2.28. The van der Waals surface area contributed by atoms with Crippen LogP contribution in [0.25, 0.3) is 0 Å². The maximum Gasteiger partial charge on any atom is 0.170 e. The van der Waals surface area contributed by atoms with Gasteiger partial charge < -0.3 is 19.7 Å². The molecular weight excluding hydrogens is 440 g/mol. The molecule has 0 radical (unpaired) electrons. The maximum atomic E-state index is 13.1. The molecule has 35 heavy (non-hydrogen) atoms. The smallest absolute Gasteiger partial charge is 0.170 e. The summed E-state index contributed by atoms with van der Waals surface area (Å²) in [7, 11) is 0. The van der Waals surface area contributed by atoms with E-state index in [1.54, 1.807) is 26.0 Å². The van der Waals surface area contributed by atoms with Crippen molar-refractivity contribution in [2.75, 3.05) is 0 Å². The number of benzene rings is 2. The first kappa shape index (κ1) is 25.1. The van der Waals surface area contributed by atoms with Gasteiger partial charge in [0.2, 0.25) is 0 Å². The molecule has 5 nitrogen and oxygen atoms in total. The highest BCUT2D eigenvalue weighted by atomic mass is 16.5. The molecule has 0 saturated carbocycles. The van der Waals surface area contributed by atoms with E-state index in [1.807, 2.05) is 19.9 Å². The summed E-state index contributed by atoms with van der Waals surface area (Å²) >= 11 is 0. The number of Topliss-reactive ketones (excluding diaryl/α,β-unsaturated/α-hetero) is 1. The Hall–Kier alpha value is -3.05. The van der Waals surface area contributed by atoms with Gasteiger partial charge in [0.1, 0.15) is 29.5 Å². The number of carbonyl (C=O) groups excluding carboxylic acids is 1. The Balaban J connectivity index is 1.75. The summed E-state index contributed by atoms with van der Waals surface area (Å²) in [6.45, 7) is 11.7. The highest BCUT2D eigenvalue weighted by Crippen LogP contribution is 2.44. The Bertz CT molecular complexity index is 1200. The molecular formula is C30H36O5. The Morgan fingerprint density at radius 3 is 2.34 bits per heavy atom. The van der Waals surface area contributed by atoms with Crippen molar-refractivity contribution in [2.24, 2.45) is 0 Å². The van der Waals surface area contributed by atoms with E-state index in [0.717, 1.165) is 28.0 Å². The van der Waals surface area contributed by atoms with Gasteiger partial charge in [-0.1, -0.05) is 23.3 Å². The number of ketones is 1. The molecule has 1 unspecified atom stereocenters. The zero-order chi connectivity index (χ0) is 25.5. The van der Waals surface area contributed by atoms with Gasteiger partial charge in [-0.25, -0.2) is 0 Å². The van der Waals surface area contributed by atoms with E-state index in [1.165, 1.54) is 5.57 Å². The molecule has 5 heteroatoms. The summed E-state index contributed by atoms with van der Waals surface area (Å²) in [4.78, 5) is 13.1. The van der Waals surface area contributed by atoms with Crippen LogP contribution < -0.4 is 9.47 Å². The Morgan fingerprint density at radius 1 is 1.00 bits per heavy atom. The minimum atomic E-state index is -0.972. The molecule has 2 aliphatic heterocycles. The zero-order valence-corrected chi connectivity index (χ0v) is 21.6. The summed E-state index contributed by atoms with van der Waals surface area (Å²) in [6.07, 6.45) is 5.40. The number of fused-ring (bicyclic) bond motifs is 2. The lowest BCUT2D eigenvalue weighted by Crippen LogP contribution is -2.39. The van der Waals surface area contributed by atoms with Gasteiger partial charge in [-0.05, 0) is 95.3 Å². The number of hydrogen-bond acceptors (Lipinski definition) is 5. The Labute approximate surface area is 208 Å². The SMILES string of the molecule is CC(C)=CCc1cc([C@H]2CC(=O)c3ccc(O)c(CC=C(C)C)c3O2)cc2c1OC(C(C)(C)O)C2. The maximum absolute atomic E-state index is 13.1. The van der Waals surface area contributed by atoms with Crippen LogP contribution in [0.1, 0.15) is 86.7 Å². The van der Waals surface area contributed by atoms with Crippen LogP contribution in [0.15, 0.2) is 47.6 Å². The second-order valence-electron chi connectivity index (χ2n) is 10.8. The minimum absolute atomic E-state index is 0.00617. The average Bonchev–Trinajstić information content (AvgIpc) is 3.21. The highest BCUT2D eigenvalue weighted by molar-refractivity contribution is 6.00. The van der Waals surface area contributed by atoms with E-state index >= 15 is 0 Å². The van der Waals surface area contributed by atoms with Crippen molar-refractivity contribution < 1.29 is 24.5 Å². The van der Waals surface area contributed by atoms with Gasteiger partial charge in [0, 0.05) is 12.0 Å². The molecule has 0 amide bonds. The number of phenolic OH excluding ortho intramolecular Hbond substituents is 1. The van der Waals surface area contributed by atoms with Crippen LogP contribution in [0.3, 0.4) is 0 Å². The number of aromatic hydroxyl groups is 1. The van der Waals surface area contributed by atoms with Gasteiger partial charge in [-0.2, -0.15) is 0 Å². The van der Waals surface area contributed by atoms with Crippen molar-refractivity contribution >= 4 is 5.78 Å². The van der Waals surface area contributed by atoms with E-state index in [4.69, 9.17) is 9.47 Å². The van der Waals surface area contributed by atoms with Gasteiger partial charge in [0.25, 0.3) is 0 Å². The van der Waals surface area contributed by atoms with Crippen LogP contribution in [0.4, 0.5) is 0 Å². The highest BCUT2D eigenvalue weighted by Gasteiger charge is 2.37. The van der Waals surface area contributed by atoms with Gasteiger partial charge in [0.05, 0.1) is 17.6 Å². The minimum Gasteiger partial charge on any atom is -0.508 e. The van der Waals surface area contributed by atoms with Gasteiger partial charge >= 0.3 is 0 Å². The molecule has 2 N–H and O–H groups in total. The summed E-state index contributed by atoms with van der Waals surface area (Å²) in [5.74, 6) is 1.43. The quantitative estimate of drug-likeness (QED) is 0.486. The third-order valence-electron chi connectivity index (χ3n) is 6.70. The van der Waals surface area contributed by atoms with Crippen LogP contribution >= 0.6 is 0 Å². The fourth-order valence-corrected chi connectivity index (χ4v) is 4.64. The first-order chi connectivity index (χ1) is 16.4. The molecule has 186 valence electrons. The topological polar surface area (TPSA) is 76.0 Å². The number of allylic oxidation sites excluding steroid dienone is 4. The average molecular weight is 477 g/mol. The van der Waals surface area contributed by atoms with Crippen LogP contribution in [0, 0.1) is 0 Å². The van der Waals surface area contributed by atoms with E-state index in [9.17, 15) is 15.0 Å². The van der Waals surface area contributed by atoms with Crippen molar-refractivity contribution in [1.29, 1.82) is 0 Å². The van der Waals surface area contributed by atoms with Gasteiger partial charge in [-0.15, -0.1) is 0 Å². The molecule has 2 heterocycles. The monoisotopic (exact) mass is 476 g/mol. The normalized spacial score (nSPS) is 18.8. The predicted molar refractivity (Wildman–Crippen MR) is 138 cm³/mol. The van der Waals surface area contributed by atoms with E-state index in [-0.39, 0.29) is 24.1 Å². The summed E-state index contributed by atoms with van der Waals surface area (Å²) in [5, 5.41) is 21.1. The second kappa shape index (κ2) is 9.54. The fraction of sp³-hybridized carbons (Fsp3) is 0.433.